The van der Waals surface area contributed by atoms with Crippen LogP contribution in [0.2, 0.25) is 5.02 Å². The van der Waals surface area contributed by atoms with Gasteiger partial charge in [0.2, 0.25) is 5.91 Å². The van der Waals surface area contributed by atoms with Gasteiger partial charge in [0.15, 0.2) is 0 Å². The summed E-state index contributed by atoms with van der Waals surface area (Å²) in [6.45, 7) is 4.55. The molecule has 0 heterocycles. The Morgan fingerprint density at radius 3 is 2.13 bits per heavy atom. The number of hydrogen-bond donors (Lipinski definition) is 4. The average Bonchev–Trinajstić information content (AvgIpc) is 2.90. The van der Waals surface area contributed by atoms with Gasteiger partial charge in [0.1, 0.15) is 6.04 Å². The third-order valence-corrected chi connectivity index (χ3v) is 7.68. The highest BCUT2D eigenvalue weighted by Crippen LogP contribution is 2.19. The van der Waals surface area contributed by atoms with E-state index in [1.807, 2.05) is 19.1 Å². The van der Waals surface area contributed by atoms with Gasteiger partial charge in [-0.2, -0.15) is 0 Å². The number of aryl methyl sites for hydroxylation is 1. The highest BCUT2D eigenvalue weighted by atomic mass is 35.5. The highest BCUT2D eigenvalue weighted by Gasteiger charge is 2.21. The second kappa shape index (κ2) is 14.6. The minimum Gasteiger partial charge on any atom is -0.354 e. The van der Waals surface area contributed by atoms with Gasteiger partial charge < -0.3 is 16.0 Å². The highest BCUT2D eigenvalue weighted by molar-refractivity contribution is 7.92. The van der Waals surface area contributed by atoms with E-state index >= 15 is 0 Å². The number of nitrogens with one attached hydrogen (secondary N) is 4. The van der Waals surface area contributed by atoms with Crippen LogP contribution in [-0.4, -0.2) is 32.9 Å². The molecule has 0 unspecified atom stereocenters. The molecule has 39 heavy (non-hydrogen) atoms. The van der Waals surface area contributed by atoms with Crippen molar-refractivity contribution in [3.63, 3.8) is 0 Å². The Balaban J connectivity index is 1.61. The summed E-state index contributed by atoms with van der Waals surface area (Å²) in [6.07, 6.45) is 4.42. The van der Waals surface area contributed by atoms with Crippen molar-refractivity contribution in [3.05, 3.63) is 88.9 Å². The van der Waals surface area contributed by atoms with E-state index in [4.69, 9.17) is 11.6 Å². The summed E-state index contributed by atoms with van der Waals surface area (Å²) in [5.41, 5.74) is 2.61. The molecule has 3 aromatic rings. The van der Waals surface area contributed by atoms with Gasteiger partial charge in [-0.1, -0.05) is 67.6 Å². The first-order valence-corrected chi connectivity index (χ1v) is 14.8. The summed E-state index contributed by atoms with van der Waals surface area (Å²) in [7, 11) is -3.74. The molecule has 0 aliphatic rings. The van der Waals surface area contributed by atoms with Gasteiger partial charge in [-0.25, -0.2) is 13.2 Å². The Morgan fingerprint density at radius 1 is 0.846 bits per heavy atom. The lowest BCUT2D eigenvalue weighted by Gasteiger charge is -2.19. The fourth-order valence-electron chi connectivity index (χ4n) is 3.83. The summed E-state index contributed by atoms with van der Waals surface area (Å²) in [5, 5.41) is 8.96. The Labute approximate surface area is 235 Å². The van der Waals surface area contributed by atoms with E-state index in [1.54, 1.807) is 60.7 Å². The molecule has 10 heteroatoms. The van der Waals surface area contributed by atoms with E-state index in [2.05, 4.69) is 27.6 Å². The lowest BCUT2D eigenvalue weighted by Crippen LogP contribution is -2.49. The van der Waals surface area contributed by atoms with Crippen LogP contribution in [-0.2, 0) is 21.2 Å². The van der Waals surface area contributed by atoms with Crippen molar-refractivity contribution in [3.8, 4) is 0 Å². The van der Waals surface area contributed by atoms with Crippen LogP contribution in [0.3, 0.4) is 0 Å². The fourth-order valence-corrected chi connectivity index (χ4v) is 5.02. The van der Waals surface area contributed by atoms with Crippen LogP contribution < -0.4 is 20.7 Å². The number of benzene rings is 3. The monoisotopic (exact) mass is 570 g/mol. The van der Waals surface area contributed by atoms with Crippen LogP contribution in [0.5, 0.6) is 0 Å². The number of unbranched alkanes of at least 4 members (excludes halogenated alkanes) is 3. The van der Waals surface area contributed by atoms with Gasteiger partial charge in [-0.3, -0.25) is 9.52 Å². The smallest absolute Gasteiger partial charge is 0.319 e. The zero-order chi connectivity index (χ0) is 28.3. The fraction of sp³-hybridized carbons (Fsp3) is 0.310. The quantitative estimate of drug-likeness (QED) is 0.192. The molecule has 3 aromatic carbocycles. The van der Waals surface area contributed by atoms with Crippen LogP contribution in [0.1, 0.15) is 43.7 Å². The van der Waals surface area contributed by atoms with Crippen LogP contribution in [0.25, 0.3) is 0 Å². The maximum atomic E-state index is 12.9. The van der Waals surface area contributed by atoms with Crippen LogP contribution >= 0.6 is 11.6 Å². The summed E-state index contributed by atoms with van der Waals surface area (Å²) in [4.78, 5) is 25.8. The molecule has 8 nitrogen and oxygen atoms in total. The molecular formula is C29H35ClN4O4S. The summed E-state index contributed by atoms with van der Waals surface area (Å²) in [5.74, 6) is -0.266. The van der Waals surface area contributed by atoms with Crippen LogP contribution in [0.15, 0.2) is 77.7 Å². The van der Waals surface area contributed by atoms with Crippen molar-refractivity contribution in [2.75, 3.05) is 16.6 Å². The number of sulfonamides is 1. The molecular weight excluding hydrogens is 536 g/mol. The van der Waals surface area contributed by atoms with Crippen LogP contribution in [0.4, 0.5) is 16.2 Å². The van der Waals surface area contributed by atoms with Crippen molar-refractivity contribution in [1.29, 1.82) is 0 Å². The van der Waals surface area contributed by atoms with E-state index in [-0.39, 0.29) is 10.8 Å². The van der Waals surface area contributed by atoms with Crippen molar-refractivity contribution >= 4 is 44.9 Å². The SMILES string of the molecule is CCCCCCNC(=O)[C@@H](Cc1ccc(Cl)cc1)NC(=O)Nc1ccc(NS(=O)(=O)c2ccc(C)cc2)cc1. The van der Waals surface area contributed by atoms with E-state index < -0.39 is 22.1 Å². The molecule has 0 saturated heterocycles. The number of carbonyl (C=O) groups excluding carboxylic acids is 2. The topological polar surface area (TPSA) is 116 Å². The van der Waals surface area contributed by atoms with Gasteiger partial charge in [0.05, 0.1) is 4.90 Å². The molecule has 0 radical (unpaired) electrons. The largest absolute Gasteiger partial charge is 0.354 e. The van der Waals surface area contributed by atoms with Gasteiger partial charge in [-0.05, 0) is 67.4 Å². The standard InChI is InChI=1S/C29H35ClN4O4S/c1-3-4-5-6-19-31-28(35)27(20-22-9-11-23(30)12-10-22)33-29(36)32-24-13-15-25(16-14-24)34-39(37,38)26-17-7-21(2)8-18-26/h7-18,27,34H,3-6,19-20H2,1-2H3,(H,31,35)(H2,32,33,36)/t27-/m1/s1. The molecule has 3 amide bonds. The average molecular weight is 571 g/mol. The minimum absolute atomic E-state index is 0.157. The molecule has 4 N–H and O–H groups in total. The number of halogens is 1. The van der Waals surface area contributed by atoms with E-state index in [0.29, 0.717) is 29.4 Å². The Morgan fingerprint density at radius 2 is 1.49 bits per heavy atom. The molecule has 3 rings (SSSR count). The molecule has 0 bridgehead atoms. The first-order chi connectivity index (χ1) is 18.7. The summed E-state index contributed by atoms with van der Waals surface area (Å²) < 4.78 is 27.8. The first kappa shape index (κ1) is 30.0. The van der Waals surface area contributed by atoms with Crippen molar-refractivity contribution < 1.29 is 18.0 Å². The van der Waals surface area contributed by atoms with Gasteiger partial charge in [-0.15, -0.1) is 0 Å². The van der Waals surface area contributed by atoms with Gasteiger partial charge in [0, 0.05) is 29.4 Å². The molecule has 1 atom stereocenters. The normalized spacial score (nSPS) is 11.9. The molecule has 0 spiro atoms. The second-order valence-electron chi connectivity index (χ2n) is 9.33. The Hall–Kier alpha value is -3.56. The summed E-state index contributed by atoms with van der Waals surface area (Å²) in [6, 6.07) is 18.6. The number of amides is 3. The van der Waals surface area contributed by atoms with Crippen LogP contribution in [0, 0.1) is 6.92 Å². The molecule has 0 aliphatic heterocycles. The van der Waals surface area contributed by atoms with E-state index in [9.17, 15) is 18.0 Å². The molecule has 0 fully saturated rings. The number of rotatable bonds is 13. The predicted molar refractivity (Wildman–Crippen MR) is 157 cm³/mol. The second-order valence-corrected chi connectivity index (χ2v) is 11.4. The van der Waals surface area contributed by atoms with Crippen molar-refractivity contribution in [2.24, 2.45) is 0 Å². The lowest BCUT2D eigenvalue weighted by molar-refractivity contribution is -0.122. The zero-order valence-electron chi connectivity index (χ0n) is 22.2. The number of carbonyl (C=O) groups is 2. The van der Waals surface area contributed by atoms with E-state index in [0.717, 1.165) is 36.8 Å². The lowest BCUT2D eigenvalue weighted by atomic mass is 10.1. The molecule has 208 valence electrons. The third kappa shape index (κ3) is 9.92. The minimum atomic E-state index is -3.74. The Bertz CT molecular complexity index is 1330. The predicted octanol–water partition coefficient (Wildman–Crippen LogP) is 5.88. The number of hydrogen-bond acceptors (Lipinski definition) is 4. The van der Waals surface area contributed by atoms with Gasteiger partial charge >= 0.3 is 6.03 Å². The molecule has 0 aliphatic carbocycles. The first-order valence-electron chi connectivity index (χ1n) is 13.0. The maximum absolute atomic E-state index is 12.9. The number of urea groups is 1. The third-order valence-electron chi connectivity index (χ3n) is 6.03. The summed E-state index contributed by atoms with van der Waals surface area (Å²) >= 11 is 5.98. The Kier molecular flexibility index (Phi) is 11.2. The van der Waals surface area contributed by atoms with Gasteiger partial charge in [0.25, 0.3) is 10.0 Å². The molecule has 0 aromatic heterocycles. The maximum Gasteiger partial charge on any atom is 0.319 e. The van der Waals surface area contributed by atoms with Crippen molar-refractivity contribution in [1.82, 2.24) is 10.6 Å². The number of anilines is 2. The van der Waals surface area contributed by atoms with Crippen molar-refractivity contribution in [2.45, 2.75) is 56.9 Å². The molecule has 0 saturated carbocycles. The zero-order valence-corrected chi connectivity index (χ0v) is 23.7. The van der Waals surface area contributed by atoms with E-state index in [1.165, 1.54) is 0 Å².